The van der Waals surface area contributed by atoms with Crippen LogP contribution >= 0.6 is 0 Å². The van der Waals surface area contributed by atoms with Gasteiger partial charge in [0.2, 0.25) is 0 Å². The molecule has 3 heteroatoms. The van der Waals surface area contributed by atoms with E-state index >= 15 is 0 Å². The van der Waals surface area contributed by atoms with Crippen molar-refractivity contribution >= 4 is 12.2 Å². The molecule has 0 aliphatic heterocycles. The van der Waals surface area contributed by atoms with Crippen LogP contribution in [0.15, 0.2) is 36.5 Å². The largest absolute Gasteiger partial charge is 0.449 e. The maximum atomic E-state index is 11.2. The molecule has 1 rings (SSSR count). The van der Waals surface area contributed by atoms with Crippen molar-refractivity contribution in [3.63, 3.8) is 0 Å². The second-order valence-electron chi connectivity index (χ2n) is 3.04. The molecule has 1 aromatic carbocycles. The van der Waals surface area contributed by atoms with E-state index in [1.807, 2.05) is 36.4 Å². The summed E-state index contributed by atoms with van der Waals surface area (Å²) in [6.07, 6.45) is 3.20. The van der Waals surface area contributed by atoms with Crippen molar-refractivity contribution in [3.8, 4) is 0 Å². The van der Waals surface area contributed by atoms with E-state index in [2.05, 4.69) is 0 Å². The summed E-state index contributed by atoms with van der Waals surface area (Å²) >= 11 is 0. The van der Waals surface area contributed by atoms with Crippen molar-refractivity contribution in [1.29, 1.82) is 0 Å². The van der Waals surface area contributed by atoms with Gasteiger partial charge < -0.3 is 4.74 Å². The number of benzene rings is 1. The maximum absolute atomic E-state index is 11.2. The number of hydrogen-bond donors (Lipinski definition) is 0. The molecule has 1 aromatic rings. The molecule has 0 N–H and O–H groups in total. The van der Waals surface area contributed by atoms with Gasteiger partial charge in [0.25, 0.3) is 0 Å². The zero-order chi connectivity index (χ0) is 11.1. The van der Waals surface area contributed by atoms with Gasteiger partial charge in [0.1, 0.15) is 0 Å². The summed E-state index contributed by atoms with van der Waals surface area (Å²) in [5, 5.41) is 0. The highest BCUT2D eigenvalue weighted by Gasteiger charge is 2.03. The Balaban J connectivity index is 2.54. The molecule has 0 saturated carbocycles. The predicted molar refractivity (Wildman–Crippen MR) is 60.3 cm³/mol. The van der Waals surface area contributed by atoms with Crippen LogP contribution in [0, 0.1) is 0 Å². The van der Waals surface area contributed by atoms with Crippen molar-refractivity contribution in [2.75, 3.05) is 13.7 Å². The Morgan fingerprint density at radius 3 is 2.67 bits per heavy atom. The topological polar surface area (TPSA) is 29.5 Å². The van der Waals surface area contributed by atoms with E-state index < -0.39 is 0 Å². The first-order chi connectivity index (χ1) is 7.24. The highest BCUT2D eigenvalue weighted by atomic mass is 16.5. The minimum Gasteiger partial charge on any atom is -0.449 e. The smallest absolute Gasteiger partial charge is 0.413 e. The Kier molecular flexibility index (Phi) is 4.41. The third-order valence-corrected chi connectivity index (χ3v) is 1.85. The molecule has 0 bridgehead atoms. The van der Waals surface area contributed by atoms with Gasteiger partial charge in [-0.2, -0.15) is 0 Å². The first-order valence-electron chi connectivity index (χ1n) is 4.87. The zero-order valence-electron chi connectivity index (χ0n) is 9.01. The van der Waals surface area contributed by atoms with Crippen LogP contribution in [0.4, 0.5) is 4.79 Å². The minimum atomic E-state index is -0.343. The Morgan fingerprint density at radius 1 is 1.40 bits per heavy atom. The molecule has 0 aliphatic rings. The lowest BCUT2D eigenvalue weighted by Crippen LogP contribution is -2.21. The van der Waals surface area contributed by atoms with Gasteiger partial charge in [-0.05, 0) is 18.6 Å². The van der Waals surface area contributed by atoms with Crippen LogP contribution in [0.5, 0.6) is 0 Å². The Bertz CT molecular complexity index is 333. The molecule has 3 nitrogen and oxygen atoms in total. The van der Waals surface area contributed by atoms with Gasteiger partial charge in [-0.3, -0.25) is 4.90 Å². The van der Waals surface area contributed by atoms with Crippen LogP contribution in [0.1, 0.15) is 12.5 Å². The first-order valence-corrected chi connectivity index (χ1v) is 4.87. The first kappa shape index (κ1) is 11.3. The van der Waals surface area contributed by atoms with Crippen molar-refractivity contribution in [1.82, 2.24) is 4.90 Å². The number of rotatable bonds is 3. The number of carbonyl (C=O) groups is 1. The SMILES string of the molecule is CCOC(=O)N(C)/C=C/c1ccccc1. The second kappa shape index (κ2) is 5.86. The Hall–Kier alpha value is -1.77. The summed E-state index contributed by atoms with van der Waals surface area (Å²) < 4.78 is 4.83. The van der Waals surface area contributed by atoms with E-state index in [4.69, 9.17) is 4.74 Å². The summed E-state index contributed by atoms with van der Waals surface area (Å²) in [6, 6.07) is 9.78. The zero-order valence-corrected chi connectivity index (χ0v) is 9.01. The molecule has 1 amide bonds. The third kappa shape index (κ3) is 3.85. The molecule has 0 fully saturated rings. The number of ether oxygens (including phenoxy) is 1. The molecule has 0 radical (unpaired) electrons. The highest BCUT2D eigenvalue weighted by Crippen LogP contribution is 2.02. The number of nitrogens with zero attached hydrogens (tertiary/aromatic N) is 1. The minimum absolute atomic E-state index is 0.343. The van der Waals surface area contributed by atoms with E-state index in [0.717, 1.165) is 5.56 Å². The van der Waals surface area contributed by atoms with Crippen LogP contribution in [0.2, 0.25) is 0 Å². The second-order valence-corrected chi connectivity index (χ2v) is 3.04. The van der Waals surface area contributed by atoms with E-state index in [-0.39, 0.29) is 6.09 Å². The van der Waals surface area contributed by atoms with Gasteiger partial charge in [0, 0.05) is 13.2 Å². The molecular formula is C12H15NO2. The summed E-state index contributed by atoms with van der Waals surface area (Å²) in [7, 11) is 1.66. The van der Waals surface area contributed by atoms with Gasteiger partial charge in [-0.15, -0.1) is 0 Å². The fourth-order valence-corrected chi connectivity index (χ4v) is 1.05. The molecule has 0 unspecified atom stereocenters. The molecule has 0 aromatic heterocycles. The van der Waals surface area contributed by atoms with Crippen molar-refractivity contribution < 1.29 is 9.53 Å². The summed E-state index contributed by atoms with van der Waals surface area (Å²) in [5.41, 5.74) is 1.05. The predicted octanol–water partition coefficient (Wildman–Crippen LogP) is 2.75. The van der Waals surface area contributed by atoms with Crippen LogP contribution in [0.3, 0.4) is 0 Å². The van der Waals surface area contributed by atoms with E-state index in [1.54, 1.807) is 20.2 Å². The molecule has 0 saturated heterocycles. The quantitative estimate of drug-likeness (QED) is 0.759. The molecular weight excluding hydrogens is 190 g/mol. The summed E-state index contributed by atoms with van der Waals surface area (Å²) in [4.78, 5) is 12.6. The molecule has 0 atom stereocenters. The van der Waals surface area contributed by atoms with Crippen LogP contribution in [-0.2, 0) is 4.74 Å². The maximum Gasteiger partial charge on any atom is 0.413 e. The Labute approximate surface area is 90.0 Å². The van der Waals surface area contributed by atoms with Gasteiger partial charge in [0.05, 0.1) is 6.61 Å². The molecule has 15 heavy (non-hydrogen) atoms. The van der Waals surface area contributed by atoms with E-state index in [1.165, 1.54) is 4.90 Å². The van der Waals surface area contributed by atoms with Gasteiger partial charge in [0.15, 0.2) is 0 Å². The number of amides is 1. The monoisotopic (exact) mass is 205 g/mol. The lowest BCUT2D eigenvalue weighted by molar-refractivity contribution is 0.129. The fourth-order valence-electron chi connectivity index (χ4n) is 1.05. The molecule has 0 spiro atoms. The molecule has 0 aliphatic carbocycles. The van der Waals surface area contributed by atoms with Gasteiger partial charge in [-0.25, -0.2) is 4.79 Å². The van der Waals surface area contributed by atoms with Crippen molar-refractivity contribution in [3.05, 3.63) is 42.1 Å². The standard InChI is InChI=1S/C12H15NO2/c1-3-15-12(14)13(2)10-9-11-7-5-4-6-8-11/h4-10H,3H2,1-2H3/b10-9+. The van der Waals surface area contributed by atoms with Crippen molar-refractivity contribution in [2.24, 2.45) is 0 Å². The van der Waals surface area contributed by atoms with Crippen LogP contribution in [-0.4, -0.2) is 24.6 Å². The normalized spacial score (nSPS) is 10.3. The average molecular weight is 205 g/mol. The van der Waals surface area contributed by atoms with Crippen molar-refractivity contribution in [2.45, 2.75) is 6.92 Å². The van der Waals surface area contributed by atoms with Gasteiger partial charge >= 0.3 is 6.09 Å². The Morgan fingerprint density at radius 2 is 2.07 bits per heavy atom. The summed E-state index contributed by atoms with van der Waals surface area (Å²) in [6.45, 7) is 2.18. The summed E-state index contributed by atoms with van der Waals surface area (Å²) in [5.74, 6) is 0. The van der Waals surface area contributed by atoms with Crippen LogP contribution in [0.25, 0.3) is 6.08 Å². The lowest BCUT2D eigenvalue weighted by Gasteiger charge is -2.10. The van der Waals surface area contributed by atoms with E-state index in [0.29, 0.717) is 6.61 Å². The number of carbonyl (C=O) groups excluding carboxylic acids is 1. The average Bonchev–Trinajstić information content (AvgIpc) is 2.27. The highest BCUT2D eigenvalue weighted by molar-refractivity contribution is 5.69. The molecule has 80 valence electrons. The van der Waals surface area contributed by atoms with Gasteiger partial charge in [-0.1, -0.05) is 30.3 Å². The van der Waals surface area contributed by atoms with Crippen LogP contribution < -0.4 is 0 Å². The number of hydrogen-bond acceptors (Lipinski definition) is 2. The fraction of sp³-hybridized carbons (Fsp3) is 0.250. The third-order valence-electron chi connectivity index (χ3n) is 1.85. The lowest BCUT2D eigenvalue weighted by atomic mass is 10.2. The van der Waals surface area contributed by atoms with E-state index in [9.17, 15) is 4.79 Å². The molecule has 0 heterocycles.